The van der Waals surface area contributed by atoms with E-state index in [2.05, 4.69) is 17.6 Å². The molecular formula is C10H17N3O2S. The molecule has 2 rings (SSSR count). The number of hydrogen-bond acceptors (Lipinski definition) is 3. The third-order valence-corrected chi connectivity index (χ3v) is 4.33. The number of rotatable bonds is 3. The lowest BCUT2D eigenvalue weighted by Crippen LogP contribution is -2.53. The molecule has 0 aliphatic carbocycles. The molecule has 2 aliphatic rings. The van der Waals surface area contributed by atoms with Gasteiger partial charge in [0.2, 0.25) is 5.91 Å². The average molecular weight is 243 g/mol. The third kappa shape index (κ3) is 2.61. The van der Waals surface area contributed by atoms with Gasteiger partial charge in [-0.25, -0.2) is 4.79 Å². The van der Waals surface area contributed by atoms with Crippen LogP contribution in [-0.2, 0) is 4.79 Å². The van der Waals surface area contributed by atoms with Gasteiger partial charge in [0.15, 0.2) is 0 Å². The maximum absolute atomic E-state index is 11.6. The summed E-state index contributed by atoms with van der Waals surface area (Å²) in [4.78, 5) is 24.6. The van der Waals surface area contributed by atoms with Crippen LogP contribution in [0, 0.1) is 5.92 Å². The van der Waals surface area contributed by atoms with Crippen LogP contribution in [0.15, 0.2) is 0 Å². The Morgan fingerprint density at radius 2 is 2.31 bits per heavy atom. The second-order valence-electron chi connectivity index (χ2n) is 4.30. The van der Waals surface area contributed by atoms with Gasteiger partial charge in [-0.15, -0.1) is 11.8 Å². The van der Waals surface area contributed by atoms with E-state index in [0.29, 0.717) is 18.2 Å². The van der Waals surface area contributed by atoms with Crippen molar-refractivity contribution in [2.45, 2.75) is 18.7 Å². The lowest BCUT2D eigenvalue weighted by atomic mass is 10.1. The maximum Gasteiger partial charge on any atom is 0.315 e. The van der Waals surface area contributed by atoms with Crippen LogP contribution in [0.5, 0.6) is 0 Å². The number of likely N-dealkylation sites (tertiary alicyclic amines) is 1. The summed E-state index contributed by atoms with van der Waals surface area (Å²) in [6.07, 6.45) is 1.12. The van der Waals surface area contributed by atoms with Crippen molar-refractivity contribution in [2.75, 3.05) is 25.4 Å². The summed E-state index contributed by atoms with van der Waals surface area (Å²) in [6, 6.07) is -0.132. The first-order chi connectivity index (χ1) is 7.66. The fourth-order valence-corrected chi connectivity index (χ4v) is 2.83. The van der Waals surface area contributed by atoms with Gasteiger partial charge in [-0.1, -0.05) is 6.92 Å². The molecule has 2 fully saturated rings. The Hall–Kier alpha value is -0.910. The van der Waals surface area contributed by atoms with E-state index in [-0.39, 0.29) is 17.3 Å². The smallest absolute Gasteiger partial charge is 0.315 e. The molecular weight excluding hydrogens is 226 g/mol. The molecule has 0 spiro atoms. The van der Waals surface area contributed by atoms with Crippen molar-refractivity contribution >= 4 is 23.7 Å². The quantitative estimate of drug-likeness (QED) is 0.746. The zero-order valence-electron chi connectivity index (χ0n) is 9.36. The lowest BCUT2D eigenvalue weighted by molar-refractivity contribution is -0.131. The van der Waals surface area contributed by atoms with Crippen molar-refractivity contribution < 1.29 is 9.59 Å². The molecule has 2 aliphatic heterocycles. The summed E-state index contributed by atoms with van der Waals surface area (Å²) in [5, 5.41) is 5.63. The summed E-state index contributed by atoms with van der Waals surface area (Å²) in [6.45, 7) is 4.54. The van der Waals surface area contributed by atoms with Crippen molar-refractivity contribution in [2.24, 2.45) is 5.92 Å². The van der Waals surface area contributed by atoms with E-state index in [9.17, 15) is 9.59 Å². The average Bonchev–Trinajstić information content (AvgIpc) is 2.17. The Labute approximate surface area is 99.3 Å². The number of amides is 3. The Kier molecular flexibility index (Phi) is 3.58. The number of carbonyl (C=O) groups is 2. The Balaban J connectivity index is 1.75. The summed E-state index contributed by atoms with van der Waals surface area (Å²) < 4.78 is 0. The van der Waals surface area contributed by atoms with Gasteiger partial charge in [0.25, 0.3) is 0 Å². The van der Waals surface area contributed by atoms with Gasteiger partial charge < -0.3 is 15.5 Å². The number of urea groups is 1. The molecule has 16 heavy (non-hydrogen) atoms. The van der Waals surface area contributed by atoms with Gasteiger partial charge in [-0.2, -0.15) is 0 Å². The molecule has 5 nitrogen and oxygen atoms in total. The second-order valence-corrected chi connectivity index (χ2v) is 5.43. The molecule has 0 aromatic carbocycles. The summed E-state index contributed by atoms with van der Waals surface area (Å²) in [5.74, 6) is 1.01. The van der Waals surface area contributed by atoms with Crippen molar-refractivity contribution in [1.29, 1.82) is 0 Å². The minimum absolute atomic E-state index is 0.0546. The highest BCUT2D eigenvalue weighted by Gasteiger charge is 2.27. The van der Waals surface area contributed by atoms with E-state index in [1.54, 1.807) is 0 Å². The third-order valence-electron chi connectivity index (χ3n) is 2.97. The molecule has 2 saturated heterocycles. The molecule has 0 aromatic rings. The van der Waals surface area contributed by atoms with Gasteiger partial charge >= 0.3 is 6.03 Å². The minimum Gasteiger partial charge on any atom is -0.342 e. The zero-order chi connectivity index (χ0) is 11.5. The van der Waals surface area contributed by atoms with E-state index < -0.39 is 0 Å². The highest BCUT2D eigenvalue weighted by atomic mass is 32.2. The van der Waals surface area contributed by atoms with Crippen molar-refractivity contribution in [3.8, 4) is 0 Å². The molecule has 0 saturated carbocycles. The molecule has 2 N–H and O–H groups in total. The van der Waals surface area contributed by atoms with Crippen LogP contribution in [0.2, 0.25) is 0 Å². The first kappa shape index (κ1) is 11.6. The van der Waals surface area contributed by atoms with Crippen LogP contribution in [0.3, 0.4) is 0 Å². The fourth-order valence-electron chi connectivity index (χ4n) is 1.71. The summed E-state index contributed by atoms with van der Waals surface area (Å²) in [7, 11) is 0. The highest BCUT2D eigenvalue weighted by molar-refractivity contribution is 8.00. The Morgan fingerprint density at radius 1 is 1.56 bits per heavy atom. The second kappa shape index (κ2) is 4.95. The number of hydrogen-bond donors (Lipinski definition) is 2. The number of thioether (sulfide) groups is 1. The predicted octanol–water partition coefficient (Wildman–Crippen LogP) is 0.227. The van der Waals surface area contributed by atoms with E-state index in [4.69, 9.17) is 0 Å². The van der Waals surface area contributed by atoms with Crippen LogP contribution in [-0.4, -0.2) is 47.6 Å². The van der Waals surface area contributed by atoms with Crippen molar-refractivity contribution in [3.05, 3.63) is 0 Å². The monoisotopic (exact) mass is 243 g/mol. The molecule has 2 heterocycles. The van der Waals surface area contributed by atoms with Crippen LogP contribution in [0.25, 0.3) is 0 Å². The van der Waals surface area contributed by atoms with Gasteiger partial charge in [0, 0.05) is 25.6 Å². The van der Waals surface area contributed by atoms with Gasteiger partial charge in [-0.3, -0.25) is 4.79 Å². The predicted molar refractivity (Wildman–Crippen MR) is 63.1 cm³/mol. The van der Waals surface area contributed by atoms with E-state index in [0.717, 1.165) is 19.5 Å². The number of nitrogens with one attached hydrogen (secondary N) is 2. The SMILES string of the molecule is CC1CNC(=O)NC1SCC(=O)N1CCC1. The summed E-state index contributed by atoms with van der Waals surface area (Å²) in [5.41, 5.74) is 0. The van der Waals surface area contributed by atoms with Crippen LogP contribution in [0.1, 0.15) is 13.3 Å². The summed E-state index contributed by atoms with van der Waals surface area (Å²) >= 11 is 1.53. The van der Waals surface area contributed by atoms with E-state index in [1.807, 2.05) is 4.90 Å². The molecule has 0 bridgehead atoms. The lowest BCUT2D eigenvalue weighted by Gasteiger charge is -2.33. The van der Waals surface area contributed by atoms with Crippen molar-refractivity contribution in [1.82, 2.24) is 15.5 Å². The Bertz CT molecular complexity index is 294. The first-order valence-electron chi connectivity index (χ1n) is 5.60. The van der Waals surface area contributed by atoms with Crippen LogP contribution in [0.4, 0.5) is 4.79 Å². The van der Waals surface area contributed by atoms with Gasteiger partial charge in [-0.05, 0) is 6.42 Å². The molecule has 90 valence electrons. The fraction of sp³-hybridized carbons (Fsp3) is 0.800. The number of carbonyl (C=O) groups excluding carboxylic acids is 2. The topological polar surface area (TPSA) is 61.4 Å². The Morgan fingerprint density at radius 3 is 2.94 bits per heavy atom. The van der Waals surface area contributed by atoms with Gasteiger partial charge in [0.05, 0.1) is 11.1 Å². The van der Waals surface area contributed by atoms with E-state index in [1.165, 1.54) is 11.8 Å². The van der Waals surface area contributed by atoms with E-state index >= 15 is 0 Å². The number of nitrogens with zero attached hydrogens (tertiary/aromatic N) is 1. The molecule has 6 heteroatoms. The largest absolute Gasteiger partial charge is 0.342 e. The highest BCUT2D eigenvalue weighted by Crippen LogP contribution is 2.20. The first-order valence-corrected chi connectivity index (χ1v) is 6.65. The van der Waals surface area contributed by atoms with Crippen LogP contribution < -0.4 is 10.6 Å². The standard InChI is InChI=1S/C10H17N3O2S/c1-7-5-11-10(15)12-9(7)16-6-8(14)13-3-2-4-13/h7,9H,2-6H2,1H3,(H2,11,12,15). The zero-order valence-corrected chi connectivity index (χ0v) is 10.2. The normalized spacial score (nSPS) is 29.1. The molecule has 0 aromatic heterocycles. The molecule has 2 unspecified atom stereocenters. The molecule has 2 atom stereocenters. The van der Waals surface area contributed by atoms with Gasteiger partial charge in [0.1, 0.15) is 0 Å². The van der Waals surface area contributed by atoms with Crippen LogP contribution >= 0.6 is 11.8 Å². The maximum atomic E-state index is 11.6. The minimum atomic E-state index is -0.132. The van der Waals surface area contributed by atoms with Crippen molar-refractivity contribution in [3.63, 3.8) is 0 Å². The molecule has 3 amide bonds. The molecule has 0 radical (unpaired) electrons.